The van der Waals surface area contributed by atoms with Gasteiger partial charge in [0.25, 0.3) is 0 Å². The van der Waals surface area contributed by atoms with Crippen LogP contribution in [0.2, 0.25) is 0 Å². The number of hydrogen-bond acceptors (Lipinski definition) is 4. The smallest absolute Gasteiger partial charge is 0.315 e. The van der Waals surface area contributed by atoms with Gasteiger partial charge in [0.1, 0.15) is 5.75 Å². The predicted molar refractivity (Wildman–Crippen MR) is 89.7 cm³/mol. The SMILES string of the molecule is O=C(Cc1c(F)c(F)c(F)c(F)c1F)Oc1ccc(C2SCCS2)cc1. The summed E-state index contributed by atoms with van der Waals surface area (Å²) in [5.41, 5.74) is -0.182. The van der Waals surface area contributed by atoms with Gasteiger partial charge in [-0.3, -0.25) is 4.79 Å². The largest absolute Gasteiger partial charge is 0.426 e. The quantitative estimate of drug-likeness (QED) is 0.235. The highest BCUT2D eigenvalue weighted by Gasteiger charge is 2.27. The summed E-state index contributed by atoms with van der Waals surface area (Å²) in [6.45, 7) is 0. The van der Waals surface area contributed by atoms with Crippen molar-refractivity contribution in [2.75, 3.05) is 11.5 Å². The van der Waals surface area contributed by atoms with Crippen LogP contribution in [0.3, 0.4) is 0 Å². The van der Waals surface area contributed by atoms with E-state index < -0.39 is 47.0 Å². The fourth-order valence-corrected chi connectivity index (χ4v) is 5.22. The maximum Gasteiger partial charge on any atom is 0.315 e. The second kappa shape index (κ2) is 7.87. The maximum absolute atomic E-state index is 13.6. The molecule has 2 nitrogen and oxygen atoms in total. The van der Waals surface area contributed by atoms with Crippen LogP contribution in [0.25, 0.3) is 0 Å². The lowest BCUT2D eigenvalue weighted by molar-refractivity contribution is -0.133. The Kier molecular flexibility index (Phi) is 5.76. The zero-order chi connectivity index (χ0) is 18.8. The molecule has 1 fully saturated rings. The van der Waals surface area contributed by atoms with E-state index in [2.05, 4.69) is 0 Å². The van der Waals surface area contributed by atoms with Crippen molar-refractivity contribution in [1.29, 1.82) is 0 Å². The molecule has 0 radical (unpaired) electrons. The number of halogens is 5. The third-order valence-corrected chi connectivity index (χ3v) is 6.73. The van der Waals surface area contributed by atoms with E-state index >= 15 is 0 Å². The number of benzene rings is 2. The van der Waals surface area contributed by atoms with E-state index in [1.54, 1.807) is 35.7 Å². The predicted octanol–water partition coefficient (Wildman–Crippen LogP) is 5.01. The van der Waals surface area contributed by atoms with Gasteiger partial charge in [-0.25, -0.2) is 22.0 Å². The molecular weight excluding hydrogens is 395 g/mol. The van der Waals surface area contributed by atoms with Crippen molar-refractivity contribution >= 4 is 29.5 Å². The van der Waals surface area contributed by atoms with Gasteiger partial charge >= 0.3 is 5.97 Å². The minimum Gasteiger partial charge on any atom is -0.426 e. The standard InChI is InChI=1S/C17H11F5O2S2/c18-12-10(13(19)15(21)16(22)14(12)20)7-11(23)24-9-3-1-8(2-4-9)17-25-5-6-26-17/h1-4,17H,5-7H2. The van der Waals surface area contributed by atoms with Crippen LogP contribution < -0.4 is 4.74 Å². The fraction of sp³-hybridized carbons (Fsp3) is 0.235. The van der Waals surface area contributed by atoms with Crippen LogP contribution in [0.4, 0.5) is 22.0 Å². The van der Waals surface area contributed by atoms with Gasteiger partial charge in [-0.1, -0.05) is 12.1 Å². The Bertz CT molecular complexity index is 807. The Hall–Kier alpha value is -1.74. The first kappa shape index (κ1) is 19.0. The van der Waals surface area contributed by atoms with Gasteiger partial charge < -0.3 is 4.74 Å². The molecule has 1 aliphatic heterocycles. The molecule has 3 rings (SSSR count). The first-order chi connectivity index (χ1) is 12.4. The summed E-state index contributed by atoms with van der Waals surface area (Å²) in [6.07, 6.45) is -1.08. The molecule has 1 heterocycles. The maximum atomic E-state index is 13.6. The zero-order valence-corrected chi connectivity index (χ0v) is 14.7. The van der Waals surface area contributed by atoms with Gasteiger partial charge in [0.05, 0.1) is 11.0 Å². The van der Waals surface area contributed by atoms with Crippen molar-refractivity contribution in [3.8, 4) is 5.75 Å². The van der Waals surface area contributed by atoms with Crippen molar-refractivity contribution in [3.05, 3.63) is 64.5 Å². The number of thioether (sulfide) groups is 2. The number of hydrogen-bond donors (Lipinski definition) is 0. The van der Waals surface area contributed by atoms with Crippen molar-refractivity contribution in [1.82, 2.24) is 0 Å². The topological polar surface area (TPSA) is 26.3 Å². The summed E-state index contributed by atoms with van der Waals surface area (Å²) in [5.74, 6) is -9.45. The molecule has 1 aliphatic rings. The molecule has 0 bridgehead atoms. The molecule has 1 saturated heterocycles. The van der Waals surface area contributed by atoms with E-state index in [-0.39, 0.29) is 5.75 Å². The molecular formula is C17H11F5O2S2. The summed E-state index contributed by atoms with van der Waals surface area (Å²) >= 11 is 3.59. The molecule has 0 N–H and O–H groups in total. The third-order valence-electron chi connectivity index (χ3n) is 3.63. The van der Waals surface area contributed by atoms with Gasteiger partial charge in [0.2, 0.25) is 5.82 Å². The summed E-state index contributed by atoms with van der Waals surface area (Å²) in [5, 5.41) is 0. The van der Waals surface area contributed by atoms with Gasteiger partial charge in [0, 0.05) is 17.1 Å². The average molecular weight is 406 g/mol. The Morgan fingerprint density at radius 3 is 1.92 bits per heavy atom. The van der Waals surface area contributed by atoms with Crippen molar-refractivity contribution in [2.24, 2.45) is 0 Å². The van der Waals surface area contributed by atoms with Crippen LogP contribution in [0.1, 0.15) is 15.7 Å². The number of esters is 1. The van der Waals surface area contributed by atoms with Crippen LogP contribution in [-0.4, -0.2) is 17.5 Å². The van der Waals surface area contributed by atoms with Crippen molar-refractivity contribution in [2.45, 2.75) is 11.0 Å². The van der Waals surface area contributed by atoms with Gasteiger partial charge in [0.15, 0.2) is 23.3 Å². The Balaban J connectivity index is 1.71. The molecule has 26 heavy (non-hydrogen) atoms. The van der Waals surface area contributed by atoms with Gasteiger partial charge in [-0.05, 0) is 17.7 Å². The Morgan fingerprint density at radius 2 is 1.38 bits per heavy atom. The fourth-order valence-electron chi connectivity index (χ4n) is 2.36. The zero-order valence-electron chi connectivity index (χ0n) is 13.0. The lowest BCUT2D eigenvalue weighted by Gasteiger charge is -2.10. The van der Waals surface area contributed by atoms with Crippen molar-refractivity contribution in [3.63, 3.8) is 0 Å². The van der Waals surface area contributed by atoms with E-state index in [1.807, 2.05) is 0 Å². The summed E-state index contributed by atoms with van der Waals surface area (Å²) in [6, 6.07) is 6.56. The van der Waals surface area contributed by atoms with Crippen molar-refractivity contribution < 1.29 is 31.5 Å². The normalized spacial score (nSPS) is 14.7. The summed E-state index contributed by atoms with van der Waals surface area (Å²) in [7, 11) is 0. The van der Waals surface area contributed by atoms with Crippen LogP contribution in [-0.2, 0) is 11.2 Å². The molecule has 0 amide bonds. The first-order valence-corrected chi connectivity index (χ1v) is 9.52. The molecule has 0 unspecified atom stereocenters. The number of rotatable bonds is 4. The summed E-state index contributed by atoms with van der Waals surface area (Å²) in [4.78, 5) is 11.8. The summed E-state index contributed by atoms with van der Waals surface area (Å²) < 4.78 is 71.7. The van der Waals surface area contributed by atoms with Crippen LogP contribution in [0.5, 0.6) is 5.75 Å². The number of carbonyl (C=O) groups is 1. The van der Waals surface area contributed by atoms with Gasteiger partial charge in [-0.15, -0.1) is 23.5 Å². The minimum atomic E-state index is -2.27. The number of ether oxygens (including phenoxy) is 1. The molecule has 0 saturated carbocycles. The highest BCUT2D eigenvalue weighted by molar-refractivity contribution is 8.19. The van der Waals surface area contributed by atoms with E-state index in [0.717, 1.165) is 17.1 Å². The molecule has 0 spiro atoms. The third kappa shape index (κ3) is 3.83. The first-order valence-electron chi connectivity index (χ1n) is 7.42. The molecule has 9 heteroatoms. The van der Waals surface area contributed by atoms with E-state index in [9.17, 15) is 26.7 Å². The molecule has 0 aliphatic carbocycles. The van der Waals surface area contributed by atoms with Crippen LogP contribution in [0.15, 0.2) is 24.3 Å². The minimum absolute atomic E-state index is 0.121. The second-order valence-corrected chi connectivity index (χ2v) is 8.07. The van der Waals surface area contributed by atoms with E-state index in [4.69, 9.17) is 4.74 Å². The Labute approximate surface area is 154 Å². The monoisotopic (exact) mass is 406 g/mol. The highest BCUT2D eigenvalue weighted by atomic mass is 32.2. The van der Waals surface area contributed by atoms with E-state index in [1.165, 1.54) is 12.1 Å². The molecule has 0 aromatic heterocycles. The van der Waals surface area contributed by atoms with E-state index in [0.29, 0.717) is 4.58 Å². The lowest BCUT2D eigenvalue weighted by Crippen LogP contribution is -2.16. The van der Waals surface area contributed by atoms with Crippen LogP contribution >= 0.6 is 23.5 Å². The van der Waals surface area contributed by atoms with Gasteiger partial charge in [-0.2, -0.15) is 0 Å². The molecule has 2 aromatic rings. The Morgan fingerprint density at radius 1 is 0.885 bits per heavy atom. The van der Waals surface area contributed by atoms with Crippen LogP contribution in [0, 0.1) is 29.1 Å². The second-order valence-electron chi connectivity index (χ2n) is 5.34. The lowest BCUT2D eigenvalue weighted by atomic mass is 10.1. The highest BCUT2D eigenvalue weighted by Crippen LogP contribution is 2.45. The number of carbonyl (C=O) groups excluding carboxylic acids is 1. The average Bonchev–Trinajstić information content (AvgIpc) is 3.17. The molecule has 0 atom stereocenters. The molecule has 2 aromatic carbocycles. The molecule has 138 valence electrons.